The SMILES string of the molecule is Cc1c(C(=O)NCCN2CCOCC2)oc2c1C(=O)CCC2. The van der Waals surface area contributed by atoms with Crippen LogP contribution >= 0.6 is 0 Å². The second kappa shape index (κ2) is 6.62. The maximum Gasteiger partial charge on any atom is 0.287 e. The summed E-state index contributed by atoms with van der Waals surface area (Å²) in [5, 5.41) is 2.88. The average molecular weight is 306 g/mol. The third-order valence-corrected chi connectivity index (χ3v) is 4.33. The van der Waals surface area contributed by atoms with Crippen LogP contribution in [-0.4, -0.2) is 56.0 Å². The number of carbonyl (C=O) groups excluding carboxylic acids is 2. The van der Waals surface area contributed by atoms with Gasteiger partial charge in [-0.3, -0.25) is 14.5 Å². The molecule has 1 fully saturated rings. The number of furan rings is 1. The highest BCUT2D eigenvalue weighted by Gasteiger charge is 2.28. The highest BCUT2D eigenvalue weighted by atomic mass is 16.5. The molecule has 0 bridgehead atoms. The van der Waals surface area contributed by atoms with Gasteiger partial charge in [-0.25, -0.2) is 0 Å². The summed E-state index contributed by atoms with van der Waals surface area (Å²) in [6.07, 6.45) is 2.09. The van der Waals surface area contributed by atoms with Crippen molar-refractivity contribution in [3.63, 3.8) is 0 Å². The lowest BCUT2D eigenvalue weighted by atomic mass is 9.94. The van der Waals surface area contributed by atoms with Crippen molar-refractivity contribution in [2.24, 2.45) is 0 Å². The molecule has 1 aliphatic carbocycles. The third kappa shape index (κ3) is 3.08. The van der Waals surface area contributed by atoms with E-state index < -0.39 is 0 Å². The zero-order valence-corrected chi connectivity index (χ0v) is 12.9. The van der Waals surface area contributed by atoms with Gasteiger partial charge in [-0.05, 0) is 13.3 Å². The van der Waals surface area contributed by atoms with E-state index in [0.717, 1.165) is 45.7 Å². The van der Waals surface area contributed by atoms with Gasteiger partial charge >= 0.3 is 0 Å². The van der Waals surface area contributed by atoms with Crippen molar-refractivity contribution < 1.29 is 18.7 Å². The molecule has 1 aliphatic heterocycles. The highest BCUT2D eigenvalue weighted by Crippen LogP contribution is 2.29. The maximum atomic E-state index is 12.3. The van der Waals surface area contributed by atoms with E-state index in [4.69, 9.17) is 9.15 Å². The molecule has 2 aliphatic rings. The van der Waals surface area contributed by atoms with E-state index in [1.165, 1.54) is 0 Å². The summed E-state index contributed by atoms with van der Waals surface area (Å²) in [6, 6.07) is 0. The summed E-state index contributed by atoms with van der Waals surface area (Å²) in [6.45, 7) is 6.46. The van der Waals surface area contributed by atoms with Crippen LogP contribution in [0.25, 0.3) is 0 Å². The predicted molar refractivity (Wildman–Crippen MR) is 80.3 cm³/mol. The molecule has 0 unspecified atom stereocenters. The molecule has 1 aromatic heterocycles. The van der Waals surface area contributed by atoms with Gasteiger partial charge in [0.25, 0.3) is 5.91 Å². The average Bonchev–Trinajstić information content (AvgIpc) is 2.87. The Morgan fingerprint density at radius 2 is 2.05 bits per heavy atom. The number of Topliss-reactive ketones (excluding diaryl/α,β-unsaturated/α-hetero) is 1. The first-order chi connectivity index (χ1) is 10.7. The van der Waals surface area contributed by atoms with Gasteiger partial charge in [0.15, 0.2) is 11.5 Å². The number of rotatable bonds is 4. The van der Waals surface area contributed by atoms with Crippen molar-refractivity contribution >= 4 is 11.7 Å². The lowest BCUT2D eigenvalue weighted by molar-refractivity contribution is 0.0382. The molecule has 3 rings (SSSR count). The Labute approximate surface area is 129 Å². The molecule has 2 heterocycles. The van der Waals surface area contributed by atoms with Gasteiger partial charge in [0, 0.05) is 44.6 Å². The van der Waals surface area contributed by atoms with Crippen molar-refractivity contribution in [2.45, 2.75) is 26.2 Å². The normalized spacial score (nSPS) is 19.0. The fourth-order valence-corrected chi connectivity index (χ4v) is 3.10. The standard InChI is InChI=1S/C16H22N2O4/c1-11-14-12(19)3-2-4-13(14)22-15(11)16(20)17-5-6-18-7-9-21-10-8-18/h2-10H2,1H3,(H,17,20). The van der Waals surface area contributed by atoms with Crippen molar-refractivity contribution in [3.8, 4) is 0 Å². The van der Waals surface area contributed by atoms with Crippen LogP contribution in [0.4, 0.5) is 0 Å². The van der Waals surface area contributed by atoms with Gasteiger partial charge in [-0.1, -0.05) is 0 Å². The number of carbonyl (C=O) groups is 2. The van der Waals surface area contributed by atoms with E-state index in [2.05, 4.69) is 10.2 Å². The summed E-state index contributed by atoms with van der Waals surface area (Å²) in [4.78, 5) is 26.5. The summed E-state index contributed by atoms with van der Waals surface area (Å²) in [5.74, 6) is 0.831. The van der Waals surface area contributed by atoms with Crippen LogP contribution in [0.3, 0.4) is 0 Å². The van der Waals surface area contributed by atoms with Gasteiger partial charge in [-0.15, -0.1) is 0 Å². The molecule has 6 nitrogen and oxygen atoms in total. The molecule has 1 saturated heterocycles. The van der Waals surface area contributed by atoms with Gasteiger partial charge in [0.1, 0.15) is 5.76 Å². The minimum Gasteiger partial charge on any atom is -0.455 e. The summed E-state index contributed by atoms with van der Waals surface area (Å²) in [7, 11) is 0. The maximum absolute atomic E-state index is 12.3. The monoisotopic (exact) mass is 306 g/mol. The molecule has 0 saturated carbocycles. The van der Waals surface area contributed by atoms with Crippen LogP contribution in [0.2, 0.25) is 0 Å². The van der Waals surface area contributed by atoms with Crippen molar-refractivity contribution in [2.75, 3.05) is 39.4 Å². The Balaban J connectivity index is 1.59. The Kier molecular flexibility index (Phi) is 4.59. The van der Waals surface area contributed by atoms with E-state index in [0.29, 0.717) is 35.6 Å². The van der Waals surface area contributed by atoms with Gasteiger partial charge in [0.05, 0.1) is 18.8 Å². The number of nitrogens with one attached hydrogen (secondary N) is 1. The Morgan fingerprint density at radius 1 is 1.27 bits per heavy atom. The third-order valence-electron chi connectivity index (χ3n) is 4.33. The van der Waals surface area contributed by atoms with Crippen LogP contribution in [0.1, 0.15) is 45.1 Å². The molecule has 120 valence electrons. The Hall–Kier alpha value is -1.66. The lowest BCUT2D eigenvalue weighted by Gasteiger charge is -2.26. The number of morpholine rings is 1. The molecule has 0 radical (unpaired) electrons. The van der Waals surface area contributed by atoms with Crippen molar-refractivity contribution in [1.82, 2.24) is 10.2 Å². The van der Waals surface area contributed by atoms with E-state index in [1.807, 2.05) is 0 Å². The van der Waals surface area contributed by atoms with E-state index in [9.17, 15) is 9.59 Å². The molecule has 22 heavy (non-hydrogen) atoms. The molecule has 1 N–H and O–H groups in total. The molecule has 6 heteroatoms. The van der Waals surface area contributed by atoms with E-state index >= 15 is 0 Å². The molecule has 1 aromatic rings. The first-order valence-corrected chi connectivity index (χ1v) is 7.90. The fourth-order valence-electron chi connectivity index (χ4n) is 3.10. The predicted octanol–water partition coefficient (Wildman–Crippen LogP) is 1.17. The van der Waals surface area contributed by atoms with Crippen LogP contribution in [0.15, 0.2) is 4.42 Å². The zero-order valence-electron chi connectivity index (χ0n) is 12.9. The van der Waals surface area contributed by atoms with Crippen LogP contribution < -0.4 is 5.32 Å². The highest BCUT2D eigenvalue weighted by molar-refractivity contribution is 6.03. The molecular formula is C16H22N2O4. The largest absolute Gasteiger partial charge is 0.455 e. The lowest BCUT2D eigenvalue weighted by Crippen LogP contribution is -2.41. The Morgan fingerprint density at radius 3 is 2.77 bits per heavy atom. The minimum atomic E-state index is -0.229. The van der Waals surface area contributed by atoms with Gasteiger partial charge < -0.3 is 14.5 Å². The number of ketones is 1. The minimum absolute atomic E-state index is 0.0925. The molecular weight excluding hydrogens is 284 g/mol. The van der Waals surface area contributed by atoms with Crippen LogP contribution in [0.5, 0.6) is 0 Å². The van der Waals surface area contributed by atoms with Crippen molar-refractivity contribution in [1.29, 1.82) is 0 Å². The van der Waals surface area contributed by atoms with Gasteiger partial charge in [0.2, 0.25) is 0 Å². The number of fused-ring (bicyclic) bond motifs is 1. The number of amides is 1. The van der Waals surface area contributed by atoms with Crippen molar-refractivity contribution in [3.05, 3.63) is 22.6 Å². The molecule has 0 aromatic carbocycles. The first-order valence-electron chi connectivity index (χ1n) is 7.90. The fraction of sp³-hybridized carbons (Fsp3) is 0.625. The summed E-state index contributed by atoms with van der Waals surface area (Å²) in [5.41, 5.74) is 1.31. The topological polar surface area (TPSA) is 71.8 Å². The molecule has 0 atom stereocenters. The van der Waals surface area contributed by atoms with Crippen LogP contribution in [0, 0.1) is 6.92 Å². The number of hydrogen-bond donors (Lipinski definition) is 1. The second-order valence-electron chi connectivity index (χ2n) is 5.84. The first kappa shape index (κ1) is 15.2. The number of aryl methyl sites for hydroxylation is 1. The summed E-state index contributed by atoms with van der Waals surface area (Å²) < 4.78 is 10.9. The Bertz CT molecular complexity index is 573. The number of nitrogens with zero attached hydrogens (tertiary/aromatic N) is 1. The van der Waals surface area contributed by atoms with Crippen LogP contribution in [-0.2, 0) is 11.2 Å². The summed E-state index contributed by atoms with van der Waals surface area (Å²) >= 11 is 0. The second-order valence-corrected chi connectivity index (χ2v) is 5.84. The molecule has 1 amide bonds. The quantitative estimate of drug-likeness (QED) is 0.904. The number of hydrogen-bond acceptors (Lipinski definition) is 5. The molecule has 0 spiro atoms. The smallest absolute Gasteiger partial charge is 0.287 e. The van der Waals surface area contributed by atoms with E-state index in [1.54, 1.807) is 6.92 Å². The van der Waals surface area contributed by atoms with E-state index in [-0.39, 0.29) is 11.7 Å². The van der Waals surface area contributed by atoms with Gasteiger partial charge in [-0.2, -0.15) is 0 Å². The number of ether oxygens (including phenoxy) is 1. The zero-order chi connectivity index (χ0) is 15.5.